The molecular formula is C6H4Cl4N2O. The first-order chi connectivity index (χ1) is 5.95. The molecule has 0 spiro atoms. The van der Waals surface area contributed by atoms with Crippen molar-refractivity contribution in [2.24, 2.45) is 7.05 Å². The second-order valence-electron chi connectivity index (χ2n) is 2.25. The zero-order chi connectivity index (χ0) is 10.2. The molecule has 0 aromatic carbocycles. The predicted octanol–water partition coefficient (Wildman–Crippen LogP) is 2.93. The third-order valence-electron chi connectivity index (χ3n) is 1.41. The first kappa shape index (κ1) is 11.1. The Morgan fingerprint density at radius 1 is 1.54 bits per heavy atom. The highest BCUT2D eigenvalue weighted by molar-refractivity contribution is 6.69. The molecule has 0 saturated heterocycles. The van der Waals surface area contributed by atoms with Crippen molar-refractivity contribution >= 4 is 51.6 Å². The largest absolute Gasteiger partial charge is 0.275 e. The topological polar surface area (TPSA) is 34.9 Å². The van der Waals surface area contributed by atoms with Crippen molar-refractivity contribution in [3.8, 4) is 0 Å². The fourth-order valence-electron chi connectivity index (χ4n) is 0.858. The van der Waals surface area contributed by atoms with Crippen LogP contribution in [0.25, 0.3) is 0 Å². The van der Waals surface area contributed by atoms with Crippen LogP contribution in [0.2, 0.25) is 5.15 Å². The molecule has 0 bridgehead atoms. The average molecular weight is 262 g/mol. The molecule has 1 heterocycles. The van der Waals surface area contributed by atoms with Crippen molar-refractivity contribution in [3.63, 3.8) is 0 Å². The van der Waals surface area contributed by atoms with E-state index in [-0.39, 0.29) is 16.4 Å². The van der Waals surface area contributed by atoms with Crippen molar-refractivity contribution in [3.05, 3.63) is 16.4 Å². The summed E-state index contributed by atoms with van der Waals surface area (Å²) < 4.78 is 1.28. The SMILES string of the molecule is Cn1nc(C(Cl)Cl)c(C(=O)Cl)c1Cl. The molecule has 0 atom stereocenters. The van der Waals surface area contributed by atoms with E-state index in [2.05, 4.69) is 5.10 Å². The third-order valence-corrected chi connectivity index (χ3v) is 2.44. The normalized spacial score (nSPS) is 10.9. The fraction of sp³-hybridized carbons (Fsp3) is 0.333. The van der Waals surface area contributed by atoms with Crippen LogP contribution in [0, 0.1) is 0 Å². The minimum Gasteiger partial charge on any atom is -0.275 e. The molecule has 0 fully saturated rings. The summed E-state index contributed by atoms with van der Waals surface area (Å²) in [6.45, 7) is 0. The Morgan fingerprint density at radius 3 is 2.38 bits per heavy atom. The Kier molecular flexibility index (Phi) is 3.46. The van der Waals surface area contributed by atoms with E-state index in [9.17, 15) is 4.79 Å². The van der Waals surface area contributed by atoms with Gasteiger partial charge in [0, 0.05) is 7.05 Å². The summed E-state index contributed by atoms with van der Waals surface area (Å²) in [4.78, 5) is 10.00. The first-order valence-electron chi connectivity index (χ1n) is 3.15. The van der Waals surface area contributed by atoms with Gasteiger partial charge in [0.15, 0.2) is 4.84 Å². The van der Waals surface area contributed by atoms with Crippen molar-refractivity contribution in [2.75, 3.05) is 0 Å². The first-order valence-corrected chi connectivity index (χ1v) is 4.78. The van der Waals surface area contributed by atoms with Gasteiger partial charge in [-0.2, -0.15) is 5.10 Å². The molecule has 0 N–H and O–H groups in total. The number of hydrogen-bond donors (Lipinski definition) is 0. The Balaban J connectivity index is 3.35. The summed E-state index contributed by atoms with van der Waals surface area (Å²) in [6.07, 6.45) is 0. The lowest BCUT2D eigenvalue weighted by molar-refractivity contribution is 0.108. The van der Waals surface area contributed by atoms with Crippen LogP contribution in [0.3, 0.4) is 0 Å². The van der Waals surface area contributed by atoms with Gasteiger partial charge in [0.1, 0.15) is 10.8 Å². The van der Waals surface area contributed by atoms with Gasteiger partial charge in [0.05, 0.1) is 5.56 Å². The van der Waals surface area contributed by atoms with Crippen LogP contribution in [-0.2, 0) is 7.05 Å². The number of carbonyl (C=O) groups excluding carboxylic acids is 1. The summed E-state index contributed by atoms with van der Waals surface area (Å²) in [5, 5.41) is 3.25. The maximum atomic E-state index is 10.9. The molecule has 0 saturated carbocycles. The lowest BCUT2D eigenvalue weighted by Crippen LogP contribution is -1.94. The van der Waals surface area contributed by atoms with Crippen molar-refractivity contribution < 1.29 is 4.79 Å². The molecule has 0 aliphatic carbocycles. The van der Waals surface area contributed by atoms with Crippen molar-refractivity contribution in [1.82, 2.24) is 9.78 Å². The molecule has 0 amide bonds. The number of carbonyl (C=O) groups is 1. The molecular weight excluding hydrogens is 258 g/mol. The monoisotopic (exact) mass is 260 g/mol. The summed E-state index contributed by atoms with van der Waals surface area (Å²) in [5.74, 6) is 0. The average Bonchev–Trinajstić information content (AvgIpc) is 2.28. The number of aryl methyl sites for hydroxylation is 1. The Bertz CT molecular complexity index is 347. The summed E-state index contributed by atoms with van der Waals surface area (Å²) in [6, 6.07) is 0. The van der Waals surface area contributed by atoms with Gasteiger partial charge in [0.2, 0.25) is 0 Å². The predicted molar refractivity (Wildman–Crippen MR) is 52.8 cm³/mol. The number of hydrogen-bond acceptors (Lipinski definition) is 2. The van der Waals surface area contributed by atoms with Crippen molar-refractivity contribution in [2.45, 2.75) is 4.84 Å². The van der Waals surface area contributed by atoms with E-state index in [4.69, 9.17) is 46.4 Å². The zero-order valence-corrected chi connectivity index (χ0v) is 9.42. The minimum atomic E-state index is -0.920. The lowest BCUT2D eigenvalue weighted by Gasteiger charge is -1.96. The quantitative estimate of drug-likeness (QED) is 0.606. The van der Waals surface area contributed by atoms with Gasteiger partial charge in [-0.15, -0.1) is 0 Å². The van der Waals surface area contributed by atoms with E-state index in [0.717, 1.165) is 0 Å². The van der Waals surface area contributed by atoms with Crippen molar-refractivity contribution in [1.29, 1.82) is 0 Å². The van der Waals surface area contributed by atoms with Gasteiger partial charge in [-0.1, -0.05) is 34.8 Å². The highest BCUT2D eigenvalue weighted by atomic mass is 35.5. The van der Waals surface area contributed by atoms with Crippen LogP contribution in [0.5, 0.6) is 0 Å². The molecule has 13 heavy (non-hydrogen) atoms. The van der Waals surface area contributed by atoms with E-state index in [1.54, 1.807) is 7.05 Å². The standard InChI is InChI=1S/C6H4Cl4N2O/c1-12-5(9)2(6(10)13)3(11-12)4(7)8/h4H,1H3. The summed E-state index contributed by atoms with van der Waals surface area (Å²) in [7, 11) is 1.56. The van der Waals surface area contributed by atoms with Crippen LogP contribution in [0.1, 0.15) is 20.9 Å². The maximum Gasteiger partial charge on any atom is 0.257 e. The summed E-state index contributed by atoms with van der Waals surface area (Å²) in [5.41, 5.74) is 0.233. The molecule has 0 aliphatic heterocycles. The molecule has 0 aliphatic rings. The number of rotatable bonds is 2. The Labute approximate surface area is 94.5 Å². The summed E-state index contributed by atoms with van der Waals surface area (Å²) >= 11 is 22.1. The van der Waals surface area contributed by atoms with Crippen LogP contribution >= 0.6 is 46.4 Å². The second-order valence-corrected chi connectivity index (χ2v) is 4.05. The smallest absolute Gasteiger partial charge is 0.257 e. The maximum absolute atomic E-state index is 10.9. The van der Waals surface area contributed by atoms with Gasteiger partial charge in [-0.05, 0) is 11.6 Å². The highest BCUT2D eigenvalue weighted by Gasteiger charge is 2.23. The van der Waals surface area contributed by atoms with Crippen LogP contribution in [0.4, 0.5) is 0 Å². The molecule has 0 unspecified atom stereocenters. The second kappa shape index (κ2) is 4.05. The third kappa shape index (κ3) is 2.10. The molecule has 0 radical (unpaired) electrons. The lowest BCUT2D eigenvalue weighted by atomic mass is 10.3. The zero-order valence-electron chi connectivity index (χ0n) is 6.39. The number of aromatic nitrogens is 2. The molecule has 1 aromatic rings. The number of nitrogens with zero attached hydrogens (tertiary/aromatic N) is 2. The van der Waals surface area contributed by atoms with E-state index >= 15 is 0 Å². The van der Waals surface area contributed by atoms with Gasteiger partial charge < -0.3 is 0 Å². The number of halogens is 4. The Hall–Kier alpha value is 0.0400. The van der Waals surface area contributed by atoms with Gasteiger partial charge in [-0.25, -0.2) is 0 Å². The van der Waals surface area contributed by atoms with E-state index in [1.165, 1.54) is 4.68 Å². The highest BCUT2D eigenvalue weighted by Crippen LogP contribution is 2.31. The van der Waals surface area contributed by atoms with Gasteiger partial charge >= 0.3 is 0 Å². The van der Waals surface area contributed by atoms with Gasteiger partial charge in [0.25, 0.3) is 5.24 Å². The van der Waals surface area contributed by atoms with E-state index in [1.807, 2.05) is 0 Å². The fourth-order valence-corrected chi connectivity index (χ4v) is 1.62. The van der Waals surface area contributed by atoms with Crippen LogP contribution in [-0.4, -0.2) is 15.0 Å². The molecule has 7 heteroatoms. The van der Waals surface area contributed by atoms with E-state index < -0.39 is 10.1 Å². The van der Waals surface area contributed by atoms with Crippen LogP contribution < -0.4 is 0 Å². The minimum absolute atomic E-state index is 0.0563. The van der Waals surface area contributed by atoms with E-state index in [0.29, 0.717) is 0 Å². The van der Waals surface area contributed by atoms with Gasteiger partial charge in [-0.3, -0.25) is 9.48 Å². The molecule has 1 rings (SSSR count). The molecule has 3 nitrogen and oxygen atoms in total. The van der Waals surface area contributed by atoms with Crippen LogP contribution in [0.15, 0.2) is 0 Å². The Morgan fingerprint density at radius 2 is 2.08 bits per heavy atom. The number of alkyl halides is 2. The molecule has 1 aromatic heterocycles. The molecule has 72 valence electrons.